The molecule has 28 heavy (non-hydrogen) atoms. The molecule has 1 aromatic rings. The first-order chi connectivity index (χ1) is 13.3. The molecule has 0 saturated carbocycles. The highest BCUT2D eigenvalue weighted by molar-refractivity contribution is 7.99. The highest BCUT2D eigenvalue weighted by Gasteiger charge is 2.55. The van der Waals surface area contributed by atoms with Crippen molar-refractivity contribution in [2.24, 2.45) is 0 Å². The lowest BCUT2D eigenvalue weighted by atomic mass is 9.75. The maximum absolute atomic E-state index is 14.7. The Balaban J connectivity index is 1.94. The summed E-state index contributed by atoms with van der Waals surface area (Å²) in [6.45, 7) is 1.98. The van der Waals surface area contributed by atoms with Gasteiger partial charge in [-0.25, -0.2) is 4.39 Å². The smallest absolute Gasteiger partial charge is 0.241 e. The fourth-order valence-electron chi connectivity index (χ4n) is 3.80. The van der Waals surface area contributed by atoms with Gasteiger partial charge < -0.3 is 9.80 Å². The Hall–Kier alpha value is -1.93. The Kier molecular flexibility index (Phi) is 6.40. The van der Waals surface area contributed by atoms with Crippen LogP contribution in [-0.4, -0.2) is 84.2 Å². The Morgan fingerprint density at radius 3 is 2.54 bits per heavy atom. The molecule has 3 rings (SSSR count). The zero-order valence-corrected chi connectivity index (χ0v) is 17.1. The molecule has 0 aliphatic carbocycles. The largest absolute Gasteiger partial charge is 0.341 e. The molecule has 0 N–H and O–H groups in total. The summed E-state index contributed by atoms with van der Waals surface area (Å²) in [4.78, 5) is 43.8. The third-order valence-electron chi connectivity index (χ3n) is 5.39. The normalized spacial score (nSPS) is 23.0. The van der Waals surface area contributed by atoms with E-state index in [-0.39, 0.29) is 36.8 Å². The van der Waals surface area contributed by atoms with Crippen molar-refractivity contribution >= 4 is 29.5 Å². The number of carbonyl (C=O) groups excluding carboxylic acids is 3. The zero-order valence-electron chi connectivity index (χ0n) is 16.3. The summed E-state index contributed by atoms with van der Waals surface area (Å²) in [5.74, 6) is 0.126. The summed E-state index contributed by atoms with van der Waals surface area (Å²) in [5.41, 5.74) is -1.32. The van der Waals surface area contributed by atoms with Crippen LogP contribution in [0, 0.1) is 5.82 Å². The van der Waals surface area contributed by atoms with Crippen molar-refractivity contribution in [3.8, 4) is 0 Å². The summed E-state index contributed by atoms with van der Waals surface area (Å²) in [6, 6.07) is 5.98. The molecule has 1 aromatic carbocycles. The number of nitrogens with zero attached hydrogens (tertiary/aromatic N) is 3. The summed E-state index contributed by atoms with van der Waals surface area (Å²) < 4.78 is 14.7. The number of imide groups is 1. The number of halogens is 1. The van der Waals surface area contributed by atoms with Gasteiger partial charge in [-0.2, -0.15) is 11.8 Å². The molecule has 2 aliphatic heterocycles. The van der Waals surface area contributed by atoms with E-state index in [9.17, 15) is 18.8 Å². The van der Waals surface area contributed by atoms with Gasteiger partial charge in [-0.15, -0.1) is 0 Å². The van der Waals surface area contributed by atoms with Gasteiger partial charge in [0.25, 0.3) is 0 Å². The molecule has 2 heterocycles. The van der Waals surface area contributed by atoms with Gasteiger partial charge in [0.15, 0.2) is 0 Å². The van der Waals surface area contributed by atoms with Gasteiger partial charge in [0.1, 0.15) is 5.82 Å². The molecule has 152 valence electrons. The molecule has 2 fully saturated rings. The number of amides is 3. The molecule has 3 amide bonds. The van der Waals surface area contributed by atoms with Crippen LogP contribution in [0.1, 0.15) is 18.4 Å². The Labute approximate surface area is 169 Å². The standard InChI is InChI=1S/C20H26FN3O3S/c1-22(2)7-8-24-18(26)14-20(19(24)27,15-5-3-4-6-16(15)21)13-17(25)23-9-11-28-12-10-23/h3-6H,7-14H2,1-2H3. The van der Waals surface area contributed by atoms with Gasteiger partial charge in [-0.1, -0.05) is 18.2 Å². The number of hydrogen-bond donors (Lipinski definition) is 0. The number of thioether (sulfide) groups is 1. The number of hydrogen-bond acceptors (Lipinski definition) is 5. The first-order valence-corrected chi connectivity index (χ1v) is 10.6. The number of rotatable bonds is 6. The highest BCUT2D eigenvalue weighted by Crippen LogP contribution is 2.41. The van der Waals surface area contributed by atoms with Crippen LogP contribution < -0.4 is 0 Å². The molecule has 8 heteroatoms. The lowest BCUT2D eigenvalue weighted by molar-refractivity contribution is -0.142. The monoisotopic (exact) mass is 407 g/mol. The van der Waals surface area contributed by atoms with Crippen molar-refractivity contribution in [3.63, 3.8) is 0 Å². The quantitative estimate of drug-likeness (QED) is 0.667. The number of likely N-dealkylation sites (tertiary alicyclic amines) is 1. The van der Waals surface area contributed by atoms with Crippen molar-refractivity contribution in [1.29, 1.82) is 0 Å². The summed E-state index contributed by atoms with van der Waals surface area (Å²) >= 11 is 1.78. The van der Waals surface area contributed by atoms with Crippen LogP contribution in [0.2, 0.25) is 0 Å². The van der Waals surface area contributed by atoms with Gasteiger partial charge in [0, 0.05) is 56.1 Å². The van der Waals surface area contributed by atoms with Crippen molar-refractivity contribution in [1.82, 2.24) is 14.7 Å². The first kappa shape index (κ1) is 20.8. The van der Waals surface area contributed by atoms with Crippen molar-refractivity contribution in [2.75, 3.05) is 51.8 Å². The molecule has 0 aromatic heterocycles. The van der Waals surface area contributed by atoms with Crippen LogP contribution >= 0.6 is 11.8 Å². The number of carbonyl (C=O) groups is 3. The molecule has 6 nitrogen and oxygen atoms in total. The summed E-state index contributed by atoms with van der Waals surface area (Å²) in [5, 5.41) is 0. The molecule has 1 unspecified atom stereocenters. The van der Waals surface area contributed by atoms with Crippen molar-refractivity contribution < 1.29 is 18.8 Å². The topological polar surface area (TPSA) is 60.9 Å². The second-order valence-corrected chi connectivity index (χ2v) is 8.79. The van der Waals surface area contributed by atoms with E-state index < -0.39 is 17.1 Å². The Morgan fingerprint density at radius 1 is 1.21 bits per heavy atom. The van der Waals surface area contributed by atoms with E-state index >= 15 is 0 Å². The average Bonchev–Trinajstić information content (AvgIpc) is 2.91. The van der Waals surface area contributed by atoms with Crippen LogP contribution in [0.3, 0.4) is 0 Å². The third kappa shape index (κ3) is 4.07. The van der Waals surface area contributed by atoms with Gasteiger partial charge in [-0.05, 0) is 20.2 Å². The predicted molar refractivity (Wildman–Crippen MR) is 106 cm³/mol. The minimum absolute atomic E-state index is 0.139. The molecule has 0 bridgehead atoms. The first-order valence-electron chi connectivity index (χ1n) is 9.45. The number of benzene rings is 1. The minimum Gasteiger partial charge on any atom is -0.341 e. The second-order valence-electron chi connectivity index (χ2n) is 7.56. The van der Waals surface area contributed by atoms with Crippen molar-refractivity contribution in [3.05, 3.63) is 35.6 Å². The SMILES string of the molecule is CN(C)CCN1C(=O)CC(CC(=O)N2CCSCC2)(c2ccccc2F)C1=O. The van der Waals surface area contributed by atoms with E-state index in [1.54, 1.807) is 28.8 Å². The number of likely N-dealkylation sites (N-methyl/N-ethyl adjacent to an activating group) is 1. The molecule has 1 atom stereocenters. The minimum atomic E-state index is -1.46. The Bertz CT molecular complexity index is 767. The molecule has 2 aliphatic rings. The lowest BCUT2D eigenvalue weighted by Gasteiger charge is -2.32. The van der Waals surface area contributed by atoms with E-state index in [1.165, 1.54) is 17.0 Å². The van der Waals surface area contributed by atoms with Gasteiger partial charge >= 0.3 is 0 Å². The second kappa shape index (κ2) is 8.61. The molecule has 0 radical (unpaired) electrons. The van der Waals surface area contributed by atoms with Crippen LogP contribution in [0.15, 0.2) is 24.3 Å². The fraction of sp³-hybridized carbons (Fsp3) is 0.550. The van der Waals surface area contributed by atoms with E-state index in [0.29, 0.717) is 19.6 Å². The van der Waals surface area contributed by atoms with Crippen LogP contribution in [0.4, 0.5) is 4.39 Å². The highest BCUT2D eigenvalue weighted by atomic mass is 32.2. The fourth-order valence-corrected chi connectivity index (χ4v) is 4.71. The zero-order chi connectivity index (χ0) is 20.3. The van der Waals surface area contributed by atoms with E-state index in [0.717, 1.165) is 11.5 Å². The maximum Gasteiger partial charge on any atom is 0.241 e. The maximum atomic E-state index is 14.7. The van der Waals surface area contributed by atoms with Gasteiger partial charge in [-0.3, -0.25) is 19.3 Å². The van der Waals surface area contributed by atoms with E-state index in [2.05, 4.69) is 0 Å². The van der Waals surface area contributed by atoms with Crippen molar-refractivity contribution in [2.45, 2.75) is 18.3 Å². The van der Waals surface area contributed by atoms with Gasteiger partial charge in [0.05, 0.1) is 5.41 Å². The molecule has 2 saturated heterocycles. The lowest BCUT2D eigenvalue weighted by Crippen LogP contribution is -2.46. The molecular formula is C20H26FN3O3S. The molecular weight excluding hydrogens is 381 g/mol. The predicted octanol–water partition coefficient (Wildman–Crippen LogP) is 1.35. The van der Waals surface area contributed by atoms with Crippen LogP contribution in [0.5, 0.6) is 0 Å². The van der Waals surface area contributed by atoms with Crippen LogP contribution in [0.25, 0.3) is 0 Å². The van der Waals surface area contributed by atoms with Crippen LogP contribution in [-0.2, 0) is 19.8 Å². The summed E-state index contributed by atoms with van der Waals surface area (Å²) in [7, 11) is 3.71. The van der Waals surface area contributed by atoms with Gasteiger partial charge in [0.2, 0.25) is 17.7 Å². The molecule has 0 spiro atoms. The van der Waals surface area contributed by atoms with E-state index in [4.69, 9.17) is 0 Å². The summed E-state index contributed by atoms with van der Waals surface area (Å²) in [6.07, 6.45) is -0.351. The van der Waals surface area contributed by atoms with E-state index in [1.807, 2.05) is 19.0 Å². The third-order valence-corrected chi connectivity index (χ3v) is 6.33. The Morgan fingerprint density at radius 2 is 1.89 bits per heavy atom. The average molecular weight is 408 g/mol.